The maximum Gasteiger partial charge on any atom is 0.310 e. The largest absolute Gasteiger partial charge is 0.466 e. The van der Waals surface area contributed by atoms with Crippen molar-refractivity contribution in [2.45, 2.75) is 70.6 Å². The third kappa shape index (κ3) is 4.27. The Morgan fingerprint density at radius 3 is 2.59 bits per heavy atom. The number of ether oxygens (including phenoxy) is 2. The molecular weight excluding hydrogens is 408 g/mol. The van der Waals surface area contributed by atoms with Crippen molar-refractivity contribution in [3.05, 3.63) is 35.4 Å². The van der Waals surface area contributed by atoms with Crippen LogP contribution in [0.25, 0.3) is 0 Å². The number of likely N-dealkylation sites (tertiary alicyclic amines) is 1. The molecular formula is C25H34N2O5. The van der Waals surface area contributed by atoms with Crippen molar-refractivity contribution in [1.82, 2.24) is 9.80 Å². The molecule has 1 saturated carbocycles. The predicted octanol–water partition coefficient (Wildman–Crippen LogP) is 3.30. The summed E-state index contributed by atoms with van der Waals surface area (Å²) in [6, 6.07) is 6.85. The number of rotatable bonds is 4. The Labute approximate surface area is 190 Å². The Kier molecular flexibility index (Phi) is 6.84. The first-order valence-corrected chi connectivity index (χ1v) is 12.0. The number of piperidine rings is 1. The van der Waals surface area contributed by atoms with Gasteiger partial charge in [0.25, 0.3) is 5.91 Å². The van der Waals surface area contributed by atoms with Crippen molar-refractivity contribution in [2.24, 2.45) is 5.92 Å². The molecule has 2 aliphatic heterocycles. The van der Waals surface area contributed by atoms with E-state index >= 15 is 0 Å². The molecule has 0 N–H and O–H groups in total. The van der Waals surface area contributed by atoms with E-state index in [1.165, 1.54) is 0 Å². The van der Waals surface area contributed by atoms with Gasteiger partial charge in [-0.3, -0.25) is 19.3 Å². The Bertz CT molecular complexity index is 864. The average Bonchev–Trinajstić information content (AvgIpc) is 3.17. The normalized spacial score (nSPS) is 25.1. The quantitative estimate of drug-likeness (QED) is 0.669. The highest BCUT2D eigenvalue weighted by Gasteiger charge is 2.54. The van der Waals surface area contributed by atoms with E-state index in [-0.39, 0.29) is 30.3 Å². The Balaban J connectivity index is 1.60. The van der Waals surface area contributed by atoms with Crippen molar-refractivity contribution in [3.8, 4) is 0 Å². The summed E-state index contributed by atoms with van der Waals surface area (Å²) >= 11 is 0. The maximum absolute atomic E-state index is 13.8. The first kappa shape index (κ1) is 22.8. The topological polar surface area (TPSA) is 76.2 Å². The summed E-state index contributed by atoms with van der Waals surface area (Å²) in [6.07, 6.45) is 6.04. The van der Waals surface area contributed by atoms with Crippen LogP contribution in [0.3, 0.4) is 0 Å². The number of esters is 1. The molecule has 174 valence electrons. The number of nitrogens with zero attached hydrogens (tertiary/aromatic N) is 2. The number of carbonyl (C=O) groups excluding carboxylic acids is 3. The van der Waals surface area contributed by atoms with E-state index in [1.807, 2.05) is 31.2 Å². The number of hydrogen-bond donors (Lipinski definition) is 0. The Morgan fingerprint density at radius 1 is 1.12 bits per heavy atom. The molecule has 32 heavy (non-hydrogen) atoms. The molecule has 0 bridgehead atoms. The van der Waals surface area contributed by atoms with Gasteiger partial charge in [-0.05, 0) is 64.0 Å². The molecule has 2 saturated heterocycles. The highest BCUT2D eigenvalue weighted by molar-refractivity contribution is 5.99. The van der Waals surface area contributed by atoms with Crippen LogP contribution in [0.1, 0.15) is 67.8 Å². The van der Waals surface area contributed by atoms with Gasteiger partial charge in [-0.2, -0.15) is 0 Å². The van der Waals surface area contributed by atoms with Crippen molar-refractivity contribution in [3.63, 3.8) is 0 Å². The van der Waals surface area contributed by atoms with Gasteiger partial charge in [0.05, 0.1) is 19.1 Å². The molecule has 0 aromatic heterocycles. The smallest absolute Gasteiger partial charge is 0.310 e. The first-order chi connectivity index (χ1) is 15.5. The minimum atomic E-state index is -0.714. The Hall–Kier alpha value is -2.41. The maximum atomic E-state index is 13.8. The number of amides is 2. The van der Waals surface area contributed by atoms with Crippen molar-refractivity contribution in [1.29, 1.82) is 0 Å². The third-order valence-corrected chi connectivity index (χ3v) is 7.13. The summed E-state index contributed by atoms with van der Waals surface area (Å²) in [6.45, 7) is 5.18. The van der Waals surface area contributed by atoms with Crippen molar-refractivity contribution >= 4 is 17.8 Å². The van der Waals surface area contributed by atoms with E-state index in [0.717, 1.165) is 50.5 Å². The second-order valence-corrected chi connectivity index (χ2v) is 9.20. The second-order valence-electron chi connectivity index (χ2n) is 9.20. The van der Waals surface area contributed by atoms with Crippen LogP contribution in [-0.4, -0.2) is 65.7 Å². The van der Waals surface area contributed by atoms with Gasteiger partial charge in [0.1, 0.15) is 11.8 Å². The van der Waals surface area contributed by atoms with Gasteiger partial charge in [-0.15, -0.1) is 0 Å². The first-order valence-electron chi connectivity index (χ1n) is 12.0. The standard InChI is InChI=1S/C25H34N2O5/c1-3-31-24(30)19-11-9-15-26(16-19)23(29)21-17-32-25(13-7-4-8-14-25)27(21)22(28)20-12-6-5-10-18(20)2/h5-6,10,12,19,21H,3-4,7-9,11,13-17H2,1-2H3/t19-,21-/m0/s1. The fraction of sp³-hybridized carbons (Fsp3) is 0.640. The zero-order chi connectivity index (χ0) is 22.7. The van der Waals surface area contributed by atoms with Crippen LogP contribution in [0.5, 0.6) is 0 Å². The number of hydrogen-bond acceptors (Lipinski definition) is 5. The molecule has 0 unspecified atom stereocenters. The summed E-state index contributed by atoms with van der Waals surface area (Å²) in [4.78, 5) is 43.2. The predicted molar refractivity (Wildman–Crippen MR) is 119 cm³/mol. The van der Waals surface area contributed by atoms with Crippen LogP contribution in [0.4, 0.5) is 0 Å². The lowest BCUT2D eigenvalue weighted by atomic mass is 9.89. The molecule has 1 spiro atoms. The van der Waals surface area contributed by atoms with Crippen LogP contribution in [0, 0.1) is 12.8 Å². The van der Waals surface area contributed by atoms with Crippen LogP contribution >= 0.6 is 0 Å². The summed E-state index contributed by atoms with van der Waals surface area (Å²) in [5.41, 5.74) is 0.791. The molecule has 3 fully saturated rings. The molecule has 1 aromatic carbocycles. The summed E-state index contributed by atoms with van der Waals surface area (Å²) < 4.78 is 11.5. The van der Waals surface area contributed by atoms with Crippen molar-refractivity contribution < 1.29 is 23.9 Å². The lowest BCUT2D eigenvalue weighted by Crippen LogP contribution is -2.58. The summed E-state index contributed by atoms with van der Waals surface area (Å²) in [5, 5.41) is 0. The van der Waals surface area contributed by atoms with E-state index in [4.69, 9.17) is 9.47 Å². The van der Waals surface area contributed by atoms with Gasteiger partial charge in [-0.25, -0.2) is 0 Å². The molecule has 0 radical (unpaired) electrons. The molecule has 4 rings (SSSR count). The van der Waals surface area contributed by atoms with E-state index in [9.17, 15) is 14.4 Å². The molecule has 1 aromatic rings. The van der Waals surface area contributed by atoms with E-state index in [1.54, 1.807) is 16.7 Å². The minimum absolute atomic E-state index is 0.122. The number of carbonyl (C=O) groups is 3. The van der Waals surface area contributed by atoms with Crippen LogP contribution in [0.2, 0.25) is 0 Å². The van der Waals surface area contributed by atoms with Crippen molar-refractivity contribution in [2.75, 3.05) is 26.3 Å². The molecule has 7 heteroatoms. The molecule has 2 heterocycles. The van der Waals surface area contributed by atoms with Gasteiger partial charge < -0.3 is 14.4 Å². The van der Waals surface area contributed by atoms with E-state index in [2.05, 4.69) is 0 Å². The fourth-order valence-corrected chi connectivity index (χ4v) is 5.44. The van der Waals surface area contributed by atoms with Gasteiger partial charge in [0.2, 0.25) is 5.91 Å². The fourth-order valence-electron chi connectivity index (χ4n) is 5.44. The molecule has 7 nitrogen and oxygen atoms in total. The zero-order valence-corrected chi connectivity index (χ0v) is 19.2. The minimum Gasteiger partial charge on any atom is -0.466 e. The van der Waals surface area contributed by atoms with E-state index < -0.39 is 11.8 Å². The molecule has 2 atom stereocenters. The molecule has 3 aliphatic rings. The van der Waals surface area contributed by atoms with Crippen LogP contribution < -0.4 is 0 Å². The van der Waals surface area contributed by atoms with Crippen LogP contribution in [-0.2, 0) is 19.1 Å². The van der Waals surface area contributed by atoms with E-state index in [0.29, 0.717) is 25.3 Å². The monoisotopic (exact) mass is 442 g/mol. The summed E-state index contributed by atoms with van der Waals surface area (Å²) in [7, 11) is 0. The van der Waals surface area contributed by atoms with Crippen LogP contribution in [0.15, 0.2) is 24.3 Å². The summed E-state index contributed by atoms with van der Waals surface area (Å²) in [5.74, 6) is -0.813. The highest BCUT2D eigenvalue weighted by Crippen LogP contribution is 2.42. The number of aryl methyl sites for hydroxylation is 1. The SMILES string of the molecule is CCOC(=O)[C@H]1CCCN(C(=O)[C@@H]2COC3(CCCCC3)N2C(=O)c2ccccc2C)C1. The number of benzene rings is 1. The second kappa shape index (κ2) is 9.61. The van der Waals surface area contributed by atoms with Gasteiger partial charge in [0, 0.05) is 18.7 Å². The lowest BCUT2D eigenvalue weighted by molar-refractivity contribution is -0.152. The van der Waals surface area contributed by atoms with Gasteiger partial charge in [0.15, 0.2) is 0 Å². The molecule has 2 amide bonds. The van der Waals surface area contributed by atoms with Gasteiger partial charge >= 0.3 is 5.97 Å². The van der Waals surface area contributed by atoms with Gasteiger partial charge in [-0.1, -0.05) is 24.6 Å². The average molecular weight is 443 g/mol. The molecule has 1 aliphatic carbocycles. The zero-order valence-electron chi connectivity index (χ0n) is 19.2. The lowest BCUT2D eigenvalue weighted by Gasteiger charge is -2.42. The third-order valence-electron chi connectivity index (χ3n) is 7.13. The highest BCUT2D eigenvalue weighted by atomic mass is 16.5. The Morgan fingerprint density at radius 2 is 1.88 bits per heavy atom.